The number of benzene rings is 1. The van der Waals surface area contributed by atoms with E-state index in [1.54, 1.807) is 0 Å². The van der Waals surface area contributed by atoms with Gasteiger partial charge in [0, 0.05) is 51.3 Å². The molecule has 2 fully saturated rings. The van der Waals surface area contributed by atoms with Crippen LogP contribution in [0.1, 0.15) is 35.5 Å². The van der Waals surface area contributed by atoms with Gasteiger partial charge in [0.1, 0.15) is 24.0 Å². The summed E-state index contributed by atoms with van der Waals surface area (Å²) in [6, 6.07) is 8.30. The Morgan fingerprint density at radius 2 is 1.96 bits per heavy atom. The molecule has 1 aromatic heterocycles. The molecule has 2 aromatic rings. The van der Waals surface area contributed by atoms with Gasteiger partial charge in [-0.05, 0) is 31.4 Å². The molecule has 1 aromatic carbocycles. The van der Waals surface area contributed by atoms with Crippen LogP contribution in [0.15, 0.2) is 24.3 Å². The van der Waals surface area contributed by atoms with Crippen LogP contribution in [0.4, 0.5) is 5.82 Å². The van der Waals surface area contributed by atoms with Gasteiger partial charge in [-0.3, -0.25) is 4.90 Å². The van der Waals surface area contributed by atoms with Crippen molar-refractivity contribution in [2.24, 2.45) is 0 Å². The van der Waals surface area contributed by atoms with Crippen molar-refractivity contribution in [1.82, 2.24) is 14.9 Å². The molecule has 0 N–H and O–H groups in total. The first-order valence-electron chi connectivity index (χ1n) is 10.4. The number of ether oxygens (including phenoxy) is 2. The number of nitrogens with zero attached hydrogens (tertiary/aromatic N) is 4. The van der Waals surface area contributed by atoms with E-state index in [1.807, 2.05) is 19.1 Å². The predicted octanol–water partition coefficient (Wildman–Crippen LogP) is 2.57. The van der Waals surface area contributed by atoms with Gasteiger partial charge in [0.25, 0.3) is 0 Å². The summed E-state index contributed by atoms with van der Waals surface area (Å²) in [6.07, 6.45) is 3.67. The van der Waals surface area contributed by atoms with E-state index in [0.29, 0.717) is 12.7 Å². The second-order valence-electron chi connectivity index (χ2n) is 8.02. The summed E-state index contributed by atoms with van der Waals surface area (Å²) >= 11 is 0. The van der Waals surface area contributed by atoms with E-state index in [1.165, 1.54) is 24.0 Å². The Labute approximate surface area is 166 Å². The summed E-state index contributed by atoms with van der Waals surface area (Å²) in [5, 5.41) is 0. The third kappa shape index (κ3) is 3.59. The molecule has 4 heterocycles. The molecule has 0 saturated carbocycles. The Hall–Kier alpha value is -2.18. The smallest absolute Gasteiger partial charge is 0.136 e. The minimum Gasteiger partial charge on any atom is -0.487 e. The topological polar surface area (TPSA) is 50.7 Å². The summed E-state index contributed by atoms with van der Waals surface area (Å²) in [6.45, 7) is 8.61. The van der Waals surface area contributed by atoms with E-state index in [9.17, 15) is 0 Å². The molecule has 1 unspecified atom stereocenters. The minimum absolute atomic E-state index is 0.428. The Balaban J connectivity index is 1.36. The number of piperazine rings is 1. The highest BCUT2D eigenvalue weighted by Crippen LogP contribution is 2.32. The third-order valence-electron chi connectivity index (χ3n) is 6.04. The van der Waals surface area contributed by atoms with Crippen LogP contribution in [0.2, 0.25) is 0 Å². The van der Waals surface area contributed by atoms with Crippen LogP contribution in [-0.2, 0) is 17.8 Å². The lowest BCUT2D eigenvalue weighted by Crippen LogP contribution is -2.49. The van der Waals surface area contributed by atoms with Gasteiger partial charge >= 0.3 is 0 Å². The van der Waals surface area contributed by atoms with Gasteiger partial charge in [-0.1, -0.05) is 18.2 Å². The molecule has 2 saturated heterocycles. The van der Waals surface area contributed by atoms with Crippen molar-refractivity contribution in [3.8, 4) is 5.75 Å². The molecule has 0 bridgehead atoms. The van der Waals surface area contributed by atoms with Gasteiger partial charge in [0.2, 0.25) is 0 Å². The second-order valence-corrected chi connectivity index (χ2v) is 8.02. The Morgan fingerprint density at radius 3 is 2.79 bits per heavy atom. The average Bonchev–Trinajstić information content (AvgIpc) is 3.15. The zero-order valence-corrected chi connectivity index (χ0v) is 16.6. The zero-order chi connectivity index (χ0) is 18.9. The molecule has 3 aliphatic rings. The molecule has 0 amide bonds. The van der Waals surface area contributed by atoms with Crippen LogP contribution >= 0.6 is 0 Å². The fourth-order valence-electron chi connectivity index (χ4n) is 4.55. The Morgan fingerprint density at radius 1 is 1.11 bits per heavy atom. The van der Waals surface area contributed by atoms with Crippen LogP contribution in [-0.4, -0.2) is 60.3 Å². The first-order chi connectivity index (χ1) is 13.8. The van der Waals surface area contributed by atoms with Crippen molar-refractivity contribution in [3.63, 3.8) is 0 Å². The fourth-order valence-corrected chi connectivity index (χ4v) is 4.55. The monoisotopic (exact) mass is 380 g/mol. The maximum Gasteiger partial charge on any atom is 0.136 e. The average molecular weight is 380 g/mol. The molecule has 148 valence electrons. The normalized spacial score (nSPS) is 22.3. The highest BCUT2D eigenvalue weighted by atomic mass is 16.5. The van der Waals surface area contributed by atoms with E-state index >= 15 is 0 Å². The quantitative estimate of drug-likeness (QED) is 0.816. The maximum atomic E-state index is 6.03. The van der Waals surface area contributed by atoms with Crippen LogP contribution < -0.4 is 9.64 Å². The van der Waals surface area contributed by atoms with E-state index in [0.717, 1.165) is 68.8 Å². The largest absolute Gasteiger partial charge is 0.487 e. The molecule has 0 aliphatic carbocycles. The lowest BCUT2D eigenvalue weighted by atomic mass is 10.0. The third-order valence-corrected chi connectivity index (χ3v) is 6.04. The number of fused-ring (bicyclic) bond motifs is 2. The Kier molecular flexibility index (Phi) is 4.91. The number of aromatic nitrogens is 2. The van der Waals surface area contributed by atoms with Crippen LogP contribution in [0.5, 0.6) is 5.75 Å². The van der Waals surface area contributed by atoms with Gasteiger partial charge < -0.3 is 14.4 Å². The molecule has 1 atom stereocenters. The van der Waals surface area contributed by atoms with Gasteiger partial charge in [-0.2, -0.15) is 0 Å². The fraction of sp³-hybridized carbons (Fsp3) is 0.545. The standard InChI is InChI=1S/C22H28N4O2/c1-16-23-20-15-28-21-7-3-2-5-17(21)13-19(20)22(24-16)26-10-8-25(9-11-26)14-18-6-4-12-27-18/h2-3,5,7,18H,4,6,8-15H2,1H3. The Bertz CT molecular complexity index is 842. The number of aryl methyl sites for hydroxylation is 1. The summed E-state index contributed by atoms with van der Waals surface area (Å²) in [7, 11) is 0. The van der Waals surface area contributed by atoms with Crippen molar-refractivity contribution in [1.29, 1.82) is 0 Å². The van der Waals surface area contributed by atoms with E-state index in [2.05, 4.69) is 21.9 Å². The number of hydrogen-bond donors (Lipinski definition) is 0. The van der Waals surface area contributed by atoms with Crippen LogP contribution in [0, 0.1) is 6.92 Å². The van der Waals surface area contributed by atoms with Crippen molar-refractivity contribution < 1.29 is 9.47 Å². The molecule has 6 heteroatoms. The van der Waals surface area contributed by atoms with Crippen LogP contribution in [0.3, 0.4) is 0 Å². The van der Waals surface area contributed by atoms with E-state index in [4.69, 9.17) is 19.4 Å². The van der Waals surface area contributed by atoms with E-state index < -0.39 is 0 Å². The number of hydrogen-bond acceptors (Lipinski definition) is 6. The summed E-state index contributed by atoms with van der Waals surface area (Å²) in [5.74, 6) is 2.88. The van der Waals surface area contributed by atoms with Crippen LogP contribution in [0.25, 0.3) is 0 Å². The molecule has 3 aliphatic heterocycles. The SMILES string of the molecule is Cc1nc2c(c(N3CCN(CC4CCCO4)CC3)n1)Cc1ccccc1OC2. The molecular weight excluding hydrogens is 352 g/mol. The molecule has 0 radical (unpaired) electrons. The molecule has 28 heavy (non-hydrogen) atoms. The summed E-state index contributed by atoms with van der Waals surface area (Å²) in [4.78, 5) is 14.6. The number of para-hydroxylation sites is 1. The molecule has 5 rings (SSSR count). The van der Waals surface area contributed by atoms with E-state index in [-0.39, 0.29) is 0 Å². The highest BCUT2D eigenvalue weighted by molar-refractivity contribution is 5.54. The second kappa shape index (κ2) is 7.68. The number of anilines is 1. The predicted molar refractivity (Wildman–Crippen MR) is 108 cm³/mol. The van der Waals surface area contributed by atoms with Gasteiger partial charge in [0.05, 0.1) is 11.8 Å². The first-order valence-corrected chi connectivity index (χ1v) is 10.4. The van der Waals surface area contributed by atoms with Crippen molar-refractivity contribution in [3.05, 3.63) is 46.9 Å². The van der Waals surface area contributed by atoms with Gasteiger partial charge in [-0.25, -0.2) is 9.97 Å². The van der Waals surface area contributed by atoms with Crippen molar-refractivity contribution in [2.75, 3.05) is 44.2 Å². The minimum atomic E-state index is 0.428. The molecule has 6 nitrogen and oxygen atoms in total. The highest BCUT2D eigenvalue weighted by Gasteiger charge is 2.27. The summed E-state index contributed by atoms with van der Waals surface area (Å²) in [5.41, 5.74) is 3.47. The maximum absolute atomic E-state index is 6.03. The van der Waals surface area contributed by atoms with Crippen molar-refractivity contribution in [2.45, 2.75) is 38.9 Å². The molecule has 0 spiro atoms. The lowest BCUT2D eigenvalue weighted by molar-refractivity contribution is 0.0712. The van der Waals surface area contributed by atoms with Gasteiger partial charge in [-0.15, -0.1) is 0 Å². The summed E-state index contributed by atoms with van der Waals surface area (Å²) < 4.78 is 11.8. The van der Waals surface area contributed by atoms with Crippen molar-refractivity contribution >= 4 is 5.82 Å². The zero-order valence-electron chi connectivity index (χ0n) is 16.6. The first kappa shape index (κ1) is 17.9. The molecular formula is C22H28N4O2. The lowest BCUT2D eigenvalue weighted by Gasteiger charge is -2.37. The van der Waals surface area contributed by atoms with Gasteiger partial charge in [0.15, 0.2) is 0 Å². The number of rotatable bonds is 3.